The Labute approximate surface area is 105 Å². The molecule has 2 aromatic rings. The zero-order valence-electron chi connectivity index (χ0n) is 10.3. The summed E-state index contributed by atoms with van der Waals surface area (Å²) >= 11 is 0. The van der Waals surface area contributed by atoms with E-state index in [-0.39, 0.29) is 17.4 Å². The molecule has 1 aromatic heterocycles. The second-order valence-corrected chi connectivity index (χ2v) is 3.97. The molecule has 0 aliphatic rings. The van der Waals surface area contributed by atoms with Crippen molar-refractivity contribution in [3.63, 3.8) is 0 Å². The van der Waals surface area contributed by atoms with Gasteiger partial charge in [-0.3, -0.25) is 4.79 Å². The molecule has 4 N–H and O–H groups in total. The molecule has 0 spiro atoms. The van der Waals surface area contributed by atoms with Crippen LogP contribution in [-0.4, -0.2) is 21.3 Å². The lowest BCUT2D eigenvalue weighted by molar-refractivity contribution is 0.102. The van der Waals surface area contributed by atoms with Crippen molar-refractivity contribution in [2.75, 3.05) is 11.1 Å². The van der Waals surface area contributed by atoms with E-state index in [1.807, 2.05) is 32.0 Å². The zero-order chi connectivity index (χ0) is 13.1. The van der Waals surface area contributed by atoms with E-state index in [0.717, 1.165) is 23.2 Å². The number of amides is 1. The number of benzene rings is 1. The Kier molecular flexibility index (Phi) is 3.27. The van der Waals surface area contributed by atoms with E-state index in [0.29, 0.717) is 0 Å². The van der Waals surface area contributed by atoms with Gasteiger partial charge in [-0.2, -0.15) is 5.21 Å². The van der Waals surface area contributed by atoms with Crippen molar-refractivity contribution in [3.8, 4) is 0 Å². The first-order valence-corrected chi connectivity index (χ1v) is 5.69. The Bertz CT molecular complexity index is 576. The summed E-state index contributed by atoms with van der Waals surface area (Å²) < 4.78 is 0. The van der Waals surface area contributed by atoms with Crippen molar-refractivity contribution >= 4 is 17.4 Å². The Morgan fingerprint density at radius 3 is 2.83 bits per heavy atom. The Balaban J connectivity index is 2.30. The van der Waals surface area contributed by atoms with Crippen molar-refractivity contribution in [1.29, 1.82) is 0 Å². The van der Waals surface area contributed by atoms with Crippen molar-refractivity contribution in [3.05, 3.63) is 35.0 Å². The van der Waals surface area contributed by atoms with Crippen LogP contribution < -0.4 is 11.1 Å². The van der Waals surface area contributed by atoms with Gasteiger partial charge in [0.25, 0.3) is 5.91 Å². The van der Waals surface area contributed by atoms with Crippen LogP contribution in [0.4, 0.5) is 11.5 Å². The number of nitrogens with one attached hydrogen (secondary N) is 2. The van der Waals surface area contributed by atoms with Gasteiger partial charge >= 0.3 is 0 Å². The molecule has 2 rings (SSSR count). The number of anilines is 2. The molecule has 18 heavy (non-hydrogen) atoms. The normalized spacial score (nSPS) is 10.3. The molecule has 1 aromatic carbocycles. The third-order valence-corrected chi connectivity index (χ3v) is 2.77. The lowest BCUT2D eigenvalue weighted by Crippen LogP contribution is -2.16. The number of aromatic amines is 1. The summed E-state index contributed by atoms with van der Waals surface area (Å²) in [5.74, 6) is -0.260. The van der Waals surface area contributed by atoms with Crippen molar-refractivity contribution in [1.82, 2.24) is 15.4 Å². The highest BCUT2D eigenvalue weighted by atomic mass is 16.2. The Morgan fingerprint density at radius 2 is 2.22 bits per heavy atom. The number of nitrogens with zero attached hydrogens (tertiary/aromatic N) is 2. The number of nitrogen functional groups attached to an aromatic ring is 1. The molecule has 0 radical (unpaired) electrons. The van der Waals surface area contributed by atoms with Crippen LogP contribution in [0.15, 0.2) is 18.2 Å². The average molecular weight is 245 g/mol. The van der Waals surface area contributed by atoms with Gasteiger partial charge in [0.2, 0.25) is 0 Å². The molecule has 0 bridgehead atoms. The molecule has 0 unspecified atom stereocenters. The van der Waals surface area contributed by atoms with E-state index in [1.165, 1.54) is 0 Å². The smallest absolute Gasteiger partial charge is 0.280 e. The highest BCUT2D eigenvalue weighted by Crippen LogP contribution is 2.22. The minimum atomic E-state index is -0.356. The number of para-hydroxylation sites is 1. The topological polar surface area (TPSA) is 96.7 Å². The summed E-state index contributed by atoms with van der Waals surface area (Å²) in [5, 5.41) is 12.5. The van der Waals surface area contributed by atoms with Crippen LogP contribution >= 0.6 is 0 Å². The minimum Gasteiger partial charge on any atom is -0.380 e. The lowest BCUT2D eigenvalue weighted by Gasteiger charge is -2.11. The second-order valence-electron chi connectivity index (χ2n) is 3.97. The van der Waals surface area contributed by atoms with Gasteiger partial charge in [0.15, 0.2) is 11.5 Å². The van der Waals surface area contributed by atoms with E-state index in [2.05, 4.69) is 20.7 Å². The number of carbonyl (C=O) groups is 1. The quantitative estimate of drug-likeness (QED) is 0.763. The standard InChI is InChI=1S/C12H15N5O/c1-3-8-6-4-5-7(2)9(8)14-12(18)10-11(13)16-17-15-10/h4-6H,3H2,1-2H3,(H,14,18)(H3,13,15,16,17). The van der Waals surface area contributed by atoms with Crippen LogP contribution in [-0.2, 0) is 6.42 Å². The Hall–Kier alpha value is -2.37. The lowest BCUT2D eigenvalue weighted by atomic mass is 10.1. The van der Waals surface area contributed by atoms with Crippen LogP contribution in [0.2, 0.25) is 0 Å². The third-order valence-electron chi connectivity index (χ3n) is 2.77. The van der Waals surface area contributed by atoms with Crippen LogP contribution in [0.25, 0.3) is 0 Å². The second kappa shape index (κ2) is 4.87. The SMILES string of the molecule is CCc1cccc(C)c1NC(=O)c1n[nH]nc1N. The molecule has 0 saturated carbocycles. The van der Waals surface area contributed by atoms with E-state index >= 15 is 0 Å². The van der Waals surface area contributed by atoms with Crippen molar-refractivity contribution in [2.45, 2.75) is 20.3 Å². The summed E-state index contributed by atoms with van der Waals surface area (Å²) in [5.41, 5.74) is 8.54. The van der Waals surface area contributed by atoms with E-state index in [4.69, 9.17) is 5.73 Å². The fourth-order valence-electron chi connectivity index (χ4n) is 1.78. The largest absolute Gasteiger partial charge is 0.380 e. The predicted octanol–water partition coefficient (Wildman–Crippen LogP) is 1.51. The fraction of sp³-hybridized carbons (Fsp3) is 0.250. The van der Waals surface area contributed by atoms with Crippen molar-refractivity contribution < 1.29 is 4.79 Å². The highest BCUT2D eigenvalue weighted by molar-refractivity contribution is 6.06. The number of rotatable bonds is 3. The molecule has 94 valence electrons. The molecular weight excluding hydrogens is 230 g/mol. The van der Waals surface area contributed by atoms with Gasteiger partial charge in [0.05, 0.1) is 0 Å². The number of H-pyrrole nitrogens is 1. The Morgan fingerprint density at radius 1 is 1.44 bits per heavy atom. The molecule has 0 saturated heterocycles. The van der Waals surface area contributed by atoms with Gasteiger partial charge in [0.1, 0.15) is 0 Å². The van der Waals surface area contributed by atoms with Crippen LogP contribution in [0.5, 0.6) is 0 Å². The maximum absolute atomic E-state index is 12.0. The average Bonchev–Trinajstić information content (AvgIpc) is 2.78. The van der Waals surface area contributed by atoms with Gasteiger partial charge in [-0.15, -0.1) is 10.2 Å². The van der Waals surface area contributed by atoms with Crippen molar-refractivity contribution in [2.24, 2.45) is 0 Å². The molecule has 1 heterocycles. The summed E-state index contributed by atoms with van der Waals surface area (Å²) in [6.07, 6.45) is 0.839. The molecule has 0 fully saturated rings. The third kappa shape index (κ3) is 2.17. The molecule has 6 heteroatoms. The van der Waals surface area contributed by atoms with E-state index in [9.17, 15) is 4.79 Å². The molecule has 0 atom stereocenters. The number of hydrogen-bond acceptors (Lipinski definition) is 4. The van der Waals surface area contributed by atoms with Gasteiger partial charge in [-0.1, -0.05) is 25.1 Å². The fourth-order valence-corrected chi connectivity index (χ4v) is 1.78. The van der Waals surface area contributed by atoms with E-state index < -0.39 is 0 Å². The number of nitrogens with two attached hydrogens (primary N) is 1. The first kappa shape index (κ1) is 12.1. The van der Waals surface area contributed by atoms with Gasteiger partial charge < -0.3 is 11.1 Å². The summed E-state index contributed by atoms with van der Waals surface area (Å²) in [6.45, 7) is 3.98. The first-order chi connectivity index (χ1) is 8.63. The minimum absolute atomic E-state index is 0.0964. The molecule has 6 nitrogen and oxygen atoms in total. The summed E-state index contributed by atoms with van der Waals surface area (Å²) in [7, 11) is 0. The van der Waals surface area contributed by atoms with Crippen LogP contribution in [0.3, 0.4) is 0 Å². The number of carbonyl (C=O) groups excluding carboxylic acids is 1. The maximum atomic E-state index is 12.0. The van der Waals surface area contributed by atoms with E-state index in [1.54, 1.807) is 0 Å². The molecule has 0 aliphatic heterocycles. The number of aromatic nitrogens is 3. The highest BCUT2D eigenvalue weighted by Gasteiger charge is 2.16. The van der Waals surface area contributed by atoms with Gasteiger partial charge in [0, 0.05) is 5.69 Å². The van der Waals surface area contributed by atoms with Crippen LogP contribution in [0.1, 0.15) is 28.5 Å². The summed E-state index contributed by atoms with van der Waals surface area (Å²) in [6, 6.07) is 5.89. The zero-order valence-corrected chi connectivity index (χ0v) is 10.3. The molecule has 0 aliphatic carbocycles. The monoisotopic (exact) mass is 245 g/mol. The maximum Gasteiger partial charge on any atom is 0.280 e. The van der Waals surface area contributed by atoms with Crippen LogP contribution in [0, 0.1) is 6.92 Å². The van der Waals surface area contributed by atoms with Gasteiger partial charge in [-0.25, -0.2) is 0 Å². The molecule has 1 amide bonds. The van der Waals surface area contributed by atoms with Gasteiger partial charge in [-0.05, 0) is 24.5 Å². The first-order valence-electron chi connectivity index (χ1n) is 5.69. The number of hydrogen-bond donors (Lipinski definition) is 3. The molecular formula is C12H15N5O. The summed E-state index contributed by atoms with van der Waals surface area (Å²) in [4.78, 5) is 12.0. The number of aryl methyl sites for hydroxylation is 2. The predicted molar refractivity (Wildman–Crippen MR) is 69.3 cm³/mol.